The third-order valence-electron chi connectivity index (χ3n) is 5.63. The van der Waals surface area contributed by atoms with Crippen LogP contribution in [0, 0.1) is 11.8 Å². The third kappa shape index (κ3) is 3.76. The molecule has 0 spiro atoms. The van der Waals surface area contributed by atoms with Crippen molar-refractivity contribution in [3.8, 4) is 11.5 Å². The average Bonchev–Trinajstić information content (AvgIpc) is 3.55. The van der Waals surface area contributed by atoms with Gasteiger partial charge in [0.25, 0.3) is 0 Å². The number of nitrogens with one attached hydrogen (secondary N) is 1. The van der Waals surface area contributed by atoms with Crippen molar-refractivity contribution in [2.24, 2.45) is 11.8 Å². The molecule has 0 radical (unpaired) electrons. The summed E-state index contributed by atoms with van der Waals surface area (Å²) in [5.41, 5.74) is 6.90. The minimum absolute atomic E-state index is 0.0668. The molecule has 3 N–H and O–H groups in total. The van der Waals surface area contributed by atoms with Crippen molar-refractivity contribution in [3.05, 3.63) is 12.1 Å². The quantitative estimate of drug-likeness (QED) is 0.784. The van der Waals surface area contributed by atoms with E-state index in [1.807, 2.05) is 6.07 Å². The minimum atomic E-state index is 0.0668. The lowest BCUT2D eigenvalue weighted by Gasteiger charge is -2.31. The monoisotopic (exact) mass is 385 g/mol. The maximum Gasteiger partial charge on any atom is 0.227 e. The Morgan fingerprint density at radius 3 is 2.46 bits per heavy atom. The molecule has 2 aliphatic rings. The molecular weight excluding hydrogens is 358 g/mol. The Kier molecular flexibility index (Phi) is 5.11. The fourth-order valence-corrected chi connectivity index (χ4v) is 3.66. The number of carbonyl (C=O) groups excluding carboxylic acids is 1. The highest BCUT2D eigenvalue weighted by atomic mass is 16.5. The second-order valence-corrected chi connectivity index (χ2v) is 7.58. The number of rotatable bonds is 6. The van der Waals surface area contributed by atoms with Gasteiger partial charge in [-0.05, 0) is 37.7 Å². The van der Waals surface area contributed by atoms with Crippen molar-refractivity contribution < 1.29 is 14.3 Å². The summed E-state index contributed by atoms with van der Waals surface area (Å²) in [5, 5.41) is 3.82. The number of nitrogens with zero attached hydrogens (tertiary/aromatic N) is 3. The molecule has 2 fully saturated rings. The Bertz CT molecular complexity index is 876. The molecule has 1 saturated carbocycles. The van der Waals surface area contributed by atoms with Gasteiger partial charge >= 0.3 is 0 Å². The van der Waals surface area contributed by atoms with Crippen molar-refractivity contribution in [2.75, 3.05) is 44.5 Å². The van der Waals surface area contributed by atoms with Gasteiger partial charge in [-0.15, -0.1) is 0 Å². The van der Waals surface area contributed by atoms with Gasteiger partial charge in [0.15, 0.2) is 11.5 Å². The number of nitrogen functional groups attached to an aromatic ring is 1. The van der Waals surface area contributed by atoms with Gasteiger partial charge in [0.1, 0.15) is 5.82 Å². The van der Waals surface area contributed by atoms with Gasteiger partial charge in [-0.3, -0.25) is 4.79 Å². The van der Waals surface area contributed by atoms with E-state index in [1.54, 1.807) is 20.3 Å². The second kappa shape index (κ2) is 7.69. The van der Waals surface area contributed by atoms with Crippen molar-refractivity contribution in [2.45, 2.75) is 25.7 Å². The topological polar surface area (TPSA) is 103 Å². The molecule has 0 atom stereocenters. The Balaban J connectivity index is 1.47. The fourth-order valence-electron chi connectivity index (χ4n) is 3.66. The summed E-state index contributed by atoms with van der Waals surface area (Å²) in [5.74, 6) is 3.15. The number of fused-ring (bicyclic) bond motifs is 1. The zero-order valence-electron chi connectivity index (χ0n) is 16.4. The molecule has 8 nitrogen and oxygen atoms in total. The van der Waals surface area contributed by atoms with Crippen molar-refractivity contribution in [1.29, 1.82) is 0 Å². The first kappa shape index (κ1) is 18.6. The molecule has 0 unspecified atom stereocenters. The van der Waals surface area contributed by atoms with Gasteiger partial charge in [-0.2, -0.15) is 4.98 Å². The number of nitrogens with two attached hydrogens (primary N) is 1. The maximum atomic E-state index is 12.3. The highest BCUT2D eigenvalue weighted by molar-refractivity contribution is 5.91. The fraction of sp³-hybridized carbons (Fsp3) is 0.550. The summed E-state index contributed by atoms with van der Waals surface area (Å²) in [6, 6.07) is 3.61. The first-order chi connectivity index (χ1) is 13.6. The van der Waals surface area contributed by atoms with Crippen molar-refractivity contribution >= 4 is 28.6 Å². The molecule has 28 heavy (non-hydrogen) atoms. The number of anilines is 2. The largest absolute Gasteiger partial charge is 0.493 e. The highest BCUT2D eigenvalue weighted by Gasteiger charge is 2.28. The molecule has 4 rings (SSSR count). The maximum absolute atomic E-state index is 12.3. The van der Waals surface area contributed by atoms with Crippen LogP contribution in [0.1, 0.15) is 25.7 Å². The van der Waals surface area contributed by atoms with Crippen LogP contribution in [0.3, 0.4) is 0 Å². The first-order valence-electron chi connectivity index (χ1n) is 9.81. The van der Waals surface area contributed by atoms with Gasteiger partial charge < -0.3 is 25.4 Å². The van der Waals surface area contributed by atoms with Gasteiger partial charge in [-0.1, -0.05) is 0 Å². The van der Waals surface area contributed by atoms with Crippen LogP contribution in [0.25, 0.3) is 10.9 Å². The third-order valence-corrected chi connectivity index (χ3v) is 5.63. The number of piperidine rings is 1. The summed E-state index contributed by atoms with van der Waals surface area (Å²) < 4.78 is 10.7. The van der Waals surface area contributed by atoms with E-state index in [-0.39, 0.29) is 11.8 Å². The molecule has 1 aliphatic heterocycles. The molecule has 1 aliphatic carbocycles. The Labute approximate surface area is 164 Å². The van der Waals surface area contributed by atoms with E-state index in [1.165, 1.54) is 12.8 Å². The Morgan fingerprint density at radius 1 is 1.14 bits per heavy atom. The van der Waals surface area contributed by atoms with Crippen LogP contribution in [-0.2, 0) is 4.79 Å². The number of aromatic nitrogens is 2. The van der Waals surface area contributed by atoms with Gasteiger partial charge in [0.05, 0.1) is 19.7 Å². The molecule has 1 amide bonds. The van der Waals surface area contributed by atoms with Gasteiger partial charge in [0.2, 0.25) is 11.9 Å². The van der Waals surface area contributed by atoms with Crippen LogP contribution in [0.4, 0.5) is 11.8 Å². The number of benzene rings is 1. The lowest BCUT2D eigenvalue weighted by molar-refractivity contribution is -0.125. The zero-order valence-corrected chi connectivity index (χ0v) is 16.4. The number of amides is 1. The predicted molar refractivity (Wildman–Crippen MR) is 108 cm³/mol. The lowest BCUT2D eigenvalue weighted by Crippen LogP contribution is -2.41. The molecule has 2 aromatic rings. The summed E-state index contributed by atoms with van der Waals surface area (Å²) in [7, 11) is 3.17. The normalized spacial score (nSPS) is 17.6. The van der Waals surface area contributed by atoms with Crippen LogP contribution in [-0.4, -0.2) is 49.7 Å². The van der Waals surface area contributed by atoms with E-state index in [0.29, 0.717) is 34.7 Å². The smallest absolute Gasteiger partial charge is 0.227 e. The SMILES string of the molecule is COc1cc2nc(N3CCC(C(=O)NCC4CC4)CC3)nc(N)c2cc1OC. The van der Waals surface area contributed by atoms with Crippen LogP contribution in [0.5, 0.6) is 11.5 Å². The molecule has 2 heterocycles. The van der Waals surface area contributed by atoms with E-state index in [0.717, 1.165) is 37.9 Å². The predicted octanol–water partition coefficient (Wildman–Crippen LogP) is 1.97. The number of carbonyl (C=O) groups is 1. The zero-order chi connectivity index (χ0) is 19.7. The number of ether oxygens (including phenoxy) is 2. The van der Waals surface area contributed by atoms with Crippen LogP contribution >= 0.6 is 0 Å². The molecule has 1 aromatic carbocycles. The van der Waals surface area contributed by atoms with E-state index >= 15 is 0 Å². The Hall–Kier alpha value is -2.77. The second-order valence-electron chi connectivity index (χ2n) is 7.58. The van der Waals surface area contributed by atoms with Gasteiger partial charge in [0, 0.05) is 37.0 Å². The molecular formula is C20H27N5O3. The lowest BCUT2D eigenvalue weighted by atomic mass is 9.96. The minimum Gasteiger partial charge on any atom is -0.493 e. The summed E-state index contributed by atoms with van der Waals surface area (Å²) in [4.78, 5) is 23.6. The van der Waals surface area contributed by atoms with E-state index in [9.17, 15) is 4.79 Å². The van der Waals surface area contributed by atoms with Gasteiger partial charge in [-0.25, -0.2) is 4.98 Å². The Morgan fingerprint density at radius 2 is 1.82 bits per heavy atom. The summed E-state index contributed by atoms with van der Waals surface area (Å²) in [6.07, 6.45) is 4.08. The standard InChI is InChI=1S/C20H27N5O3/c1-27-16-9-14-15(10-17(16)28-2)23-20(24-18(14)21)25-7-5-13(6-8-25)19(26)22-11-12-3-4-12/h9-10,12-13H,3-8,11H2,1-2H3,(H,22,26)(H2,21,23,24). The molecule has 150 valence electrons. The number of hydrogen-bond acceptors (Lipinski definition) is 7. The average molecular weight is 385 g/mol. The van der Waals surface area contributed by atoms with Crippen LogP contribution in [0.2, 0.25) is 0 Å². The molecule has 1 saturated heterocycles. The van der Waals surface area contributed by atoms with Crippen molar-refractivity contribution in [3.63, 3.8) is 0 Å². The van der Waals surface area contributed by atoms with E-state index < -0.39 is 0 Å². The van der Waals surface area contributed by atoms with E-state index in [4.69, 9.17) is 15.2 Å². The molecule has 1 aromatic heterocycles. The highest BCUT2D eigenvalue weighted by Crippen LogP contribution is 2.34. The number of hydrogen-bond donors (Lipinski definition) is 2. The van der Waals surface area contributed by atoms with E-state index in [2.05, 4.69) is 20.2 Å². The molecule has 8 heteroatoms. The molecule has 0 bridgehead atoms. The first-order valence-corrected chi connectivity index (χ1v) is 9.81. The van der Waals surface area contributed by atoms with Crippen LogP contribution < -0.4 is 25.4 Å². The summed E-state index contributed by atoms with van der Waals surface area (Å²) >= 11 is 0. The summed E-state index contributed by atoms with van der Waals surface area (Å²) in [6.45, 7) is 2.30. The number of methoxy groups -OCH3 is 2. The van der Waals surface area contributed by atoms with Crippen molar-refractivity contribution in [1.82, 2.24) is 15.3 Å². The van der Waals surface area contributed by atoms with Crippen LogP contribution in [0.15, 0.2) is 12.1 Å².